The molecule has 1 aliphatic heterocycles. The van der Waals surface area contributed by atoms with Crippen molar-refractivity contribution in [3.63, 3.8) is 0 Å². The predicted molar refractivity (Wildman–Crippen MR) is 80.2 cm³/mol. The summed E-state index contributed by atoms with van der Waals surface area (Å²) in [5, 5.41) is 9.35. The number of nitrogens with two attached hydrogens (primary N) is 1. The zero-order valence-corrected chi connectivity index (χ0v) is 11.3. The van der Waals surface area contributed by atoms with E-state index in [0.29, 0.717) is 12.1 Å². The van der Waals surface area contributed by atoms with Crippen LogP contribution in [0.5, 0.6) is 0 Å². The molecule has 0 saturated carbocycles. The SMILES string of the molecule is N#Cc1cc(CN)ccc1N1CCc2ccccc2C1. The van der Waals surface area contributed by atoms with E-state index in [1.54, 1.807) is 0 Å². The number of hydrogen-bond donors (Lipinski definition) is 1. The van der Waals surface area contributed by atoms with Gasteiger partial charge in [-0.2, -0.15) is 5.26 Å². The normalized spacial score (nSPS) is 13.7. The van der Waals surface area contributed by atoms with E-state index < -0.39 is 0 Å². The number of rotatable bonds is 2. The zero-order valence-electron chi connectivity index (χ0n) is 11.3. The molecule has 3 nitrogen and oxygen atoms in total. The van der Waals surface area contributed by atoms with E-state index in [2.05, 4.69) is 35.2 Å². The third-order valence-electron chi connectivity index (χ3n) is 3.89. The van der Waals surface area contributed by atoms with Crippen LogP contribution >= 0.6 is 0 Å². The van der Waals surface area contributed by atoms with E-state index in [1.807, 2.05) is 18.2 Å². The van der Waals surface area contributed by atoms with Gasteiger partial charge in [0.25, 0.3) is 0 Å². The van der Waals surface area contributed by atoms with Gasteiger partial charge in [0, 0.05) is 19.6 Å². The molecule has 0 amide bonds. The Morgan fingerprint density at radius 2 is 1.95 bits per heavy atom. The second-order valence-electron chi connectivity index (χ2n) is 5.11. The van der Waals surface area contributed by atoms with Gasteiger partial charge in [0.1, 0.15) is 6.07 Å². The highest BCUT2D eigenvalue weighted by molar-refractivity contribution is 5.61. The van der Waals surface area contributed by atoms with Crippen molar-refractivity contribution in [3.8, 4) is 6.07 Å². The molecular weight excluding hydrogens is 246 g/mol. The fraction of sp³-hybridized carbons (Fsp3) is 0.235. The molecule has 3 heteroatoms. The van der Waals surface area contributed by atoms with Crippen molar-refractivity contribution in [2.75, 3.05) is 11.4 Å². The van der Waals surface area contributed by atoms with Crippen LogP contribution in [0.4, 0.5) is 5.69 Å². The molecule has 100 valence electrons. The second kappa shape index (κ2) is 5.36. The maximum Gasteiger partial charge on any atom is 0.101 e. The number of fused-ring (bicyclic) bond motifs is 1. The highest BCUT2D eigenvalue weighted by Gasteiger charge is 2.18. The number of hydrogen-bond acceptors (Lipinski definition) is 3. The molecule has 0 atom stereocenters. The van der Waals surface area contributed by atoms with Gasteiger partial charge in [0.15, 0.2) is 0 Å². The first-order valence-electron chi connectivity index (χ1n) is 6.86. The standard InChI is InChI=1S/C17H17N3/c18-10-13-5-6-17(16(9-13)11-19)20-8-7-14-3-1-2-4-15(14)12-20/h1-6,9H,7-8,10,12,18H2. The topological polar surface area (TPSA) is 53.1 Å². The maximum atomic E-state index is 9.35. The quantitative estimate of drug-likeness (QED) is 0.906. The summed E-state index contributed by atoms with van der Waals surface area (Å²) in [4.78, 5) is 2.28. The number of benzene rings is 2. The second-order valence-corrected chi connectivity index (χ2v) is 5.11. The van der Waals surface area contributed by atoms with Crippen molar-refractivity contribution < 1.29 is 0 Å². The fourth-order valence-electron chi connectivity index (χ4n) is 2.78. The molecule has 0 saturated heterocycles. The Bertz CT molecular complexity index is 670. The van der Waals surface area contributed by atoms with E-state index in [1.165, 1.54) is 11.1 Å². The van der Waals surface area contributed by atoms with Crippen LogP contribution in [0, 0.1) is 11.3 Å². The molecule has 0 aromatic heterocycles. The summed E-state index contributed by atoms with van der Waals surface area (Å²) in [7, 11) is 0. The van der Waals surface area contributed by atoms with Crippen LogP contribution in [0.15, 0.2) is 42.5 Å². The summed E-state index contributed by atoms with van der Waals surface area (Å²) < 4.78 is 0. The Morgan fingerprint density at radius 3 is 2.70 bits per heavy atom. The van der Waals surface area contributed by atoms with Crippen LogP contribution in [0.25, 0.3) is 0 Å². The minimum atomic E-state index is 0.470. The minimum absolute atomic E-state index is 0.470. The van der Waals surface area contributed by atoms with Crippen LogP contribution < -0.4 is 10.6 Å². The lowest BCUT2D eigenvalue weighted by molar-refractivity contribution is 0.730. The smallest absolute Gasteiger partial charge is 0.101 e. The van der Waals surface area contributed by atoms with Crippen LogP contribution in [-0.2, 0) is 19.5 Å². The molecule has 0 radical (unpaired) electrons. The maximum absolute atomic E-state index is 9.35. The monoisotopic (exact) mass is 263 g/mol. The van der Waals surface area contributed by atoms with Crippen molar-refractivity contribution in [3.05, 3.63) is 64.7 Å². The summed E-state index contributed by atoms with van der Waals surface area (Å²) in [5.41, 5.74) is 11.1. The van der Waals surface area contributed by atoms with Gasteiger partial charge in [-0.05, 0) is 35.2 Å². The lowest BCUT2D eigenvalue weighted by Crippen LogP contribution is -2.30. The van der Waals surface area contributed by atoms with Gasteiger partial charge >= 0.3 is 0 Å². The fourth-order valence-corrected chi connectivity index (χ4v) is 2.78. The van der Waals surface area contributed by atoms with Crippen molar-refractivity contribution >= 4 is 5.69 Å². The molecule has 0 spiro atoms. The number of nitriles is 1. The van der Waals surface area contributed by atoms with Crippen molar-refractivity contribution in [1.82, 2.24) is 0 Å². The molecule has 1 heterocycles. The van der Waals surface area contributed by atoms with Gasteiger partial charge in [0.05, 0.1) is 11.3 Å². The molecule has 0 unspecified atom stereocenters. The summed E-state index contributed by atoms with van der Waals surface area (Å²) in [6, 6.07) is 16.7. The highest BCUT2D eigenvalue weighted by Crippen LogP contribution is 2.27. The Labute approximate surface area is 119 Å². The van der Waals surface area contributed by atoms with Crippen LogP contribution in [0.1, 0.15) is 22.3 Å². The van der Waals surface area contributed by atoms with Gasteiger partial charge in [-0.1, -0.05) is 30.3 Å². The third kappa shape index (κ3) is 2.26. The molecule has 0 fully saturated rings. The van der Waals surface area contributed by atoms with Crippen molar-refractivity contribution in [2.24, 2.45) is 5.73 Å². The molecular formula is C17H17N3. The van der Waals surface area contributed by atoms with E-state index in [-0.39, 0.29) is 0 Å². The van der Waals surface area contributed by atoms with Gasteiger partial charge < -0.3 is 10.6 Å². The average molecular weight is 263 g/mol. The zero-order chi connectivity index (χ0) is 13.9. The lowest BCUT2D eigenvalue weighted by Gasteiger charge is -2.31. The van der Waals surface area contributed by atoms with Gasteiger partial charge in [-0.25, -0.2) is 0 Å². The van der Waals surface area contributed by atoms with Crippen molar-refractivity contribution in [1.29, 1.82) is 5.26 Å². The Hall–Kier alpha value is -2.31. The van der Waals surface area contributed by atoms with Crippen LogP contribution in [0.2, 0.25) is 0 Å². The average Bonchev–Trinajstić information content (AvgIpc) is 2.53. The summed E-state index contributed by atoms with van der Waals surface area (Å²) in [5.74, 6) is 0. The van der Waals surface area contributed by atoms with E-state index in [9.17, 15) is 5.26 Å². The minimum Gasteiger partial charge on any atom is -0.366 e. The molecule has 2 N–H and O–H groups in total. The Morgan fingerprint density at radius 1 is 1.15 bits per heavy atom. The largest absolute Gasteiger partial charge is 0.366 e. The van der Waals surface area contributed by atoms with Crippen LogP contribution in [-0.4, -0.2) is 6.54 Å². The Balaban J connectivity index is 1.94. The molecule has 0 bridgehead atoms. The number of anilines is 1. The highest BCUT2D eigenvalue weighted by atomic mass is 15.1. The summed E-state index contributed by atoms with van der Waals surface area (Å²) in [6.07, 6.45) is 1.03. The first-order chi connectivity index (χ1) is 9.81. The molecule has 3 rings (SSSR count). The number of nitrogens with zero attached hydrogens (tertiary/aromatic N) is 2. The lowest BCUT2D eigenvalue weighted by atomic mass is 9.98. The third-order valence-corrected chi connectivity index (χ3v) is 3.89. The summed E-state index contributed by atoms with van der Waals surface area (Å²) >= 11 is 0. The Kier molecular flexibility index (Phi) is 3.41. The van der Waals surface area contributed by atoms with Gasteiger partial charge in [0.2, 0.25) is 0 Å². The van der Waals surface area contributed by atoms with E-state index >= 15 is 0 Å². The molecule has 0 aliphatic carbocycles. The molecule has 1 aliphatic rings. The summed E-state index contributed by atoms with van der Waals surface area (Å²) in [6.45, 7) is 2.29. The van der Waals surface area contributed by atoms with Crippen molar-refractivity contribution in [2.45, 2.75) is 19.5 Å². The predicted octanol–water partition coefficient (Wildman–Crippen LogP) is 2.58. The molecule has 20 heavy (non-hydrogen) atoms. The van der Waals surface area contributed by atoms with E-state index in [0.717, 1.165) is 30.8 Å². The van der Waals surface area contributed by atoms with Gasteiger partial charge in [-0.3, -0.25) is 0 Å². The van der Waals surface area contributed by atoms with E-state index in [4.69, 9.17) is 5.73 Å². The molecule has 2 aromatic carbocycles. The first kappa shape index (κ1) is 12.7. The van der Waals surface area contributed by atoms with Gasteiger partial charge in [-0.15, -0.1) is 0 Å². The molecule has 2 aromatic rings. The van der Waals surface area contributed by atoms with Crippen LogP contribution in [0.3, 0.4) is 0 Å². The first-order valence-corrected chi connectivity index (χ1v) is 6.86.